The van der Waals surface area contributed by atoms with Crippen LogP contribution in [-0.2, 0) is 21.3 Å². The number of nitrogens with zero attached hydrogens (tertiary/aromatic N) is 2. The number of hydrogen-bond donors (Lipinski definition) is 2. The summed E-state index contributed by atoms with van der Waals surface area (Å²) < 4.78 is 32.5. The molecule has 0 bridgehead atoms. The molecule has 2 rings (SSSR count). The van der Waals surface area contributed by atoms with E-state index in [1.165, 1.54) is 4.31 Å². The van der Waals surface area contributed by atoms with E-state index in [1.807, 2.05) is 6.92 Å². The molecule has 7 nitrogen and oxygen atoms in total. The molecule has 1 unspecified atom stereocenters. The number of aromatic amines is 1. The van der Waals surface area contributed by atoms with Gasteiger partial charge in [0.05, 0.1) is 18.9 Å². The van der Waals surface area contributed by atoms with Crippen molar-refractivity contribution in [2.75, 3.05) is 26.2 Å². The predicted octanol–water partition coefficient (Wildman–Crippen LogP) is 0.709. The summed E-state index contributed by atoms with van der Waals surface area (Å²) in [5.74, 6) is 0. The van der Waals surface area contributed by atoms with Crippen LogP contribution in [0, 0.1) is 0 Å². The Morgan fingerprint density at radius 2 is 2.33 bits per heavy atom. The summed E-state index contributed by atoms with van der Waals surface area (Å²) in [6.07, 6.45) is 3.35. The topological polar surface area (TPSA) is 87.3 Å². The maximum Gasteiger partial charge on any atom is 0.260 e. The lowest BCUT2D eigenvalue weighted by atomic mass is 10.2. The van der Waals surface area contributed by atoms with E-state index in [0.717, 1.165) is 19.4 Å². The van der Waals surface area contributed by atoms with Gasteiger partial charge in [-0.05, 0) is 19.4 Å². The maximum absolute atomic E-state index is 12.7. The summed E-state index contributed by atoms with van der Waals surface area (Å²) in [6.45, 7) is 6.64. The molecule has 0 spiro atoms. The first-order valence-electron chi connectivity index (χ1n) is 7.44. The number of morpholine rings is 1. The third kappa shape index (κ3) is 3.82. The van der Waals surface area contributed by atoms with Gasteiger partial charge in [-0.1, -0.05) is 13.8 Å². The van der Waals surface area contributed by atoms with E-state index in [2.05, 4.69) is 22.4 Å². The van der Waals surface area contributed by atoms with Crippen LogP contribution in [-0.4, -0.2) is 55.3 Å². The number of sulfonamides is 1. The molecule has 21 heavy (non-hydrogen) atoms. The Bertz CT molecular complexity index is 543. The fourth-order valence-corrected chi connectivity index (χ4v) is 3.89. The standard InChI is InChI=1S/C13H24N4O3S/c1-3-5-14-8-11-9-15-16-13(11)21(18,19)17-6-7-20-12(4-2)10-17/h9,12,14H,3-8,10H2,1-2H3,(H,15,16). The second kappa shape index (κ2) is 7.35. The number of rotatable bonds is 7. The molecule has 1 aromatic rings. The summed E-state index contributed by atoms with van der Waals surface area (Å²) in [7, 11) is -3.53. The van der Waals surface area contributed by atoms with Crippen LogP contribution in [0.5, 0.6) is 0 Å². The smallest absolute Gasteiger partial charge is 0.260 e. The van der Waals surface area contributed by atoms with Crippen molar-refractivity contribution in [2.45, 2.75) is 44.4 Å². The summed E-state index contributed by atoms with van der Waals surface area (Å²) >= 11 is 0. The van der Waals surface area contributed by atoms with Crippen LogP contribution in [0.3, 0.4) is 0 Å². The van der Waals surface area contributed by atoms with Crippen molar-refractivity contribution < 1.29 is 13.2 Å². The molecule has 8 heteroatoms. The van der Waals surface area contributed by atoms with Gasteiger partial charge in [-0.15, -0.1) is 0 Å². The zero-order valence-electron chi connectivity index (χ0n) is 12.6. The molecular weight excluding hydrogens is 292 g/mol. The number of H-pyrrole nitrogens is 1. The van der Waals surface area contributed by atoms with Gasteiger partial charge in [0.2, 0.25) is 0 Å². The van der Waals surface area contributed by atoms with E-state index < -0.39 is 10.0 Å². The molecule has 0 radical (unpaired) electrons. The van der Waals surface area contributed by atoms with E-state index in [9.17, 15) is 8.42 Å². The average Bonchev–Trinajstić information content (AvgIpc) is 2.97. The molecule has 1 aromatic heterocycles. The molecule has 0 saturated carbocycles. The van der Waals surface area contributed by atoms with Crippen molar-refractivity contribution >= 4 is 10.0 Å². The molecule has 1 saturated heterocycles. The molecule has 0 aliphatic carbocycles. The second-order valence-electron chi connectivity index (χ2n) is 5.17. The van der Waals surface area contributed by atoms with Gasteiger partial charge in [0, 0.05) is 25.2 Å². The summed E-state index contributed by atoms with van der Waals surface area (Å²) in [4.78, 5) is 0. The Labute approximate surface area is 126 Å². The Hall–Kier alpha value is -0.960. The van der Waals surface area contributed by atoms with Crippen LogP contribution in [0.2, 0.25) is 0 Å². The molecule has 1 atom stereocenters. The van der Waals surface area contributed by atoms with E-state index in [4.69, 9.17) is 4.74 Å². The van der Waals surface area contributed by atoms with Crippen molar-refractivity contribution in [3.8, 4) is 0 Å². The van der Waals surface area contributed by atoms with Gasteiger partial charge in [-0.3, -0.25) is 5.10 Å². The van der Waals surface area contributed by atoms with Crippen LogP contribution < -0.4 is 5.32 Å². The molecule has 1 fully saturated rings. The number of aromatic nitrogens is 2. The molecule has 1 aliphatic heterocycles. The normalized spacial score (nSPS) is 20.8. The zero-order valence-corrected chi connectivity index (χ0v) is 13.4. The van der Waals surface area contributed by atoms with Crippen molar-refractivity contribution in [1.29, 1.82) is 0 Å². The highest BCUT2D eigenvalue weighted by molar-refractivity contribution is 7.89. The second-order valence-corrected chi connectivity index (χ2v) is 7.04. The zero-order chi connectivity index (χ0) is 15.3. The highest BCUT2D eigenvalue weighted by atomic mass is 32.2. The lowest BCUT2D eigenvalue weighted by Crippen LogP contribution is -2.45. The lowest BCUT2D eigenvalue weighted by molar-refractivity contribution is -0.00286. The average molecular weight is 316 g/mol. The van der Waals surface area contributed by atoms with Crippen LogP contribution in [0.25, 0.3) is 0 Å². The molecule has 2 N–H and O–H groups in total. The molecule has 2 heterocycles. The van der Waals surface area contributed by atoms with E-state index in [-0.39, 0.29) is 11.1 Å². The quantitative estimate of drug-likeness (QED) is 0.723. The Morgan fingerprint density at radius 3 is 3.05 bits per heavy atom. The fraction of sp³-hybridized carbons (Fsp3) is 0.769. The largest absolute Gasteiger partial charge is 0.375 e. The van der Waals surface area contributed by atoms with Gasteiger partial charge >= 0.3 is 0 Å². The lowest BCUT2D eigenvalue weighted by Gasteiger charge is -2.31. The van der Waals surface area contributed by atoms with Gasteiger partial charge < -0.3 is 10.1 Å². The predicted molar refractivity (Wildman–Crippen MR) is 79.4 cm³/mol. The summed E-state index contributed by atoms with van der Waals surface area (Å²) in [5.41, 5.74) is 0.683. The van der Waals surface area contributed by atoms with Crippen LogP contribution in [0.15, 0.2) is 11.2 Å². The molecule has 120 valence electrons. The van der Waals surface area contributed by atoms with E-state index >= 15 is 0 Å². The number of ether oxygens (including phenoxy) is 1. The Balaban J connectivity index is 2.14. The van der Waals surface area contributed by atoms with Gasteiger partial charge in [-0.25, -0.2) is 8.42 Å². The van der Waals surface area contributed by atoms with Crippen LogP contribution in [0.1, 0.15) is 32.3 Å². The van der Waals surface area contributed by atoms with Crippen LogP contribution in [0.4, 0.5) is 0 Å². The van der Waals surface area contributed by atoms with Gasteiger partial charge in [0.1, 0.15) is 0 Å². The van der Waals surface area contributed by atoms with Crippen molar-refractivity contribution in [3.05, 3.63) is 11.8 Å². The minimum Gasteiger partial charge on any atom is -0.375 e. The Kier molecular flexibility index (Phi) is 5.74. The third-order valence-electron chi connectivity index (χ3n) is 3.58. The highest BCUT2D eigenvalue weighted by Crippen LogP contribution is 2.20. The third-order valence-corrected chi connectivity index (χ3v) is 5.46. The number of hydrogen-bond acceptors (Lipinski definition) is 5. The minimum absolute atomic E-state index is 0.0295. The van der Waals surface area contributed by atoms with Crippen molar-refractivity contribution in [3.63, 3.8) is 0 Å². The van der Waals surface area contributed by atoms with Gasteiger partial charge in [0.15, 0.2) is 5.03 Å². The summed E-state index contributed by atoms with van der Waals surface area (Å²) in [5, 5.41) is 9.94. The fourth-order valence-electron chi connectivity index (χ4n) is 2.34. The van der Waals surface area contributed by atoms with Crippen molar-refractivity contribution in [2.24, 2.45) is 0 Å². The first-order valence-corrected chi connectivity index (χ1v) is 8.88. The Morgan fingerprint density at radius 1 is 1.52 bits per heavy atom. The summed E-state index contributed by atoms with van der Waals surface area (Å²) in [6, 6.07) is 0. The molecular formula is C13H24N4O3S. The first kappa shape index (κ1) is 16.4. The monoisotopic (exact) mass is 316 g/mol. The van der Waals surface area contributed by atoms with Gasteiger partial charge in [-0.2, -0.15) is 9.40 Å². The number of nitrogens with one attached hydrogen (secondary N) is 2. The van der Waals surface area contributed by atoms with Crippen molar-refractivity contribution in [1.82, 2.24) is 19.8 Å². The SMILES string of the molecule is CCCNCc1cn[nH]c1S(=O)(=O)N1CCOC(CC)C1. The molecule has 1 aliphatic rings. The minimum atomic E-state index is -3.53. The maximum atomic E-state index is 12.7. The van der Waals surface area contributed by atoms with E-state index in [1.54, 1.807) is 6.20 Å². The van der Waals surface area contributed by atoms with Gasteiger partial charge in [0.25, 0.3) is 10.0 Å². The van der Waals surface area contributed by atoms with Crippen LogP contribution >= 0.6 is 0 Å². The molecule has 0 amide bonds. The van der Waals surface area contributed by atoms with E-state index in [0.29, 0.717) is 31.8 Å². The first-order chi connectivity index (χ1) is 10.1. The molecule has 0 aromatic carbocycles. The highest BCUT2D eigenvalue weighted by Gasteiger charge is 2.32.